The molecular weight excluding hydrogens is 282 g/mol. The molecule has 1 atom stereocenters. The molecule has 0 bridgehead atoms. The average Bonchev–Trinajstić information content (AvgIpc) is 2.56. The van der Waals surface area contributed by atoms with E-state index in [1.165, 1.54) is 11.3 Å². The predicted octanol–water partition coefficient (Wildman–Crippen LogP) is 2.44. The van der Waals surface area contributed by atoms with Crippen LogP contribution in [0.5, 0.6) is 0 Å². The smallest absolute Gasteiger partial charge is 0.241 e. The minimum absolute atomic E-state index is 0.0356. The van der Waals surface area contributed by atoms with Crippen LogP contribution in [0.3, 0.4) is 0 Å². The van der Waals surface area contributed by atoms with Crippen LogP contribution in [0.2, 0.25) is 0 Å². The number of aliphatic hydroxyl groups is 1. The SMILES string of the molecule is Cc1cc(S(=O)(=O)NC(CCO)C(C)(C)C)c(C)s1. The van der Waals surface area contributed by atoms with Gasteiger partial charge in [0.25, 0.3) is 0 Å². The van der Waals surface area contributed by atoms with Crippen molar-refractivity contribution < 1.29 is 13.5 Å². The minimum atomic E-state index is -3.53. The standard InChI is InChI=1S/C13H23NO3S2/c1-9-8-11(10(2)18-9)19(16,17)14-12(6-7-15)13(3,4)5/h8,12,14-15H,6-7H2,1-5H3. The van der Waals surface area contributed by atoms with Crippen molar-refractivity contribution in [1.82, 2.24) is 4.72 Å². The molecule has 0 fully saturated rings. The summed E-state index contributed by atoms with van der Waals surface area (Å²) in [5.74, 6) is 0. The molecule has 1 aromatic rings. The van der Waals surface area contributed by atoms with Gasteiger partial charge < -0.3 is 5.11 Å². The lowest BCUT2D eigenvalue weighted by Crippen LogP contribution is -2.44. The quantitative estimate of drug-likeness (QED) is 0.878. The van der Waals surface area contributed by atoms with Gasteiger partial charge in [-0.15, -0.1) is 11.3 Å². The van der Waals surface area contributed by atoms with Gasteiger partial charge >= 0.3 is 0 Å². The summed E-state index contributed by atoms with van der Waals surface area (Å²) in [6.45, 7) is 9.55. The second-order valence-electron chi connectivity index (χ2n) is 5.83. The number of hydrogen-bond acceptors (Lipinski definition) is 4. The minimum Gasteiger partial charge on any atom is -0.396 e. The number of thiophene rings is 1. The first kappa shape index (κ1) is 16.6. The molecule has 2 N–H and O–H groups in total. The summed E-state index contributed by atoms with van der Waals surface area (Å²) >= 11 is 1.48. The van der Waals surface area contributed by atoms with Gasteiger partial charge in [0.1, 0.15) is 0 Å². The Morgan fingerprint density at radius 3 is 2.32 bits per heavy atom. The Balaban J connectivity index is 3.04. The molecule has 0 radical (unpaired) electrons. The molecule has 0 aliphatic rings. The number of aliphatic hydroxyl groups excluding tert-OH is 1. The van der Waals surface area contributed by atoms with Gasteiger partial charge in [0.05, 0.1) is 4.90 Å². The molecule has 1 aromatic heterocycles. The van der Waals surface area contributed by atoms with Crippen molar-refractivity contribution in [1.29, 1.82) is 0 Å². The third-order valence-electron chi connectivity index (χ3n) is 3.05. The molecule has 1 heterocycles. The van der Waals surface area contributed by atoms with E-state index in [1.54, 1.807) is 6.07 Å². The zero-order valence-electron chi connectivity index (χ0n) is 12.1. The Bertz CT molecular complexity index is 527. The second kappa shape index (κ2) is 5.91. The van der Waals surface area contributed by atoms with Gasteiger partial charge in [0, 0.05) is 22.4 Å². The summed E-state index contributed by atoms with van der Waals surface area (Å²) < 4.78 is 27.5. The molecular formula is C13H23NO3S2. The number of aryl methyl sites for hydroxylation is 2. The molecule has 0 aliphatic carbocycles. The van der Waals surface area contributed by atoms with Crippen LogP contribution in [0.15, 0.2) is 11.0 Å². The Morgan fingerprint density at radius 2 is 1.95 bits per heavy atom. The van der Waals surface area contributed by atoms with E-state index in [2.05, 4.69) is 4.72 Å². The van der Waals surface area contributed by atoms with Crippen LogP contribution >= 0.6 is 11.3 Å². The monoisotopic (exact) mass is 305 g/mol. The number of nitrogens with one attached hydrogen (secondary N) is 1. The number of sulfonamides is 1. The van der Waals surface area contributed by atoms with E-state index in [0.717, 1.165) is 9.75 Å². The van der Waals surface area contributed by atoms with E-state index in [0.29, 0.717) is 11.3 Å². The van der Waals surface area contributed by atoms with Gasteiger partial charge in [-0.3, -0.25) is 0 Å². The molecule has 0 amide bonds. The van der Waals surface area contributed by atoms with Crippen molar-refractivity contribution >= 4 is 21.4 Å². The van der Waals surface area contributed by atoms with Crippen LogP contribution in [-0.4, -0.2) is 26.2 Å². The van der Waals surface area contributed by atoms with Gasteiger partial charge in [-0.05, 0) is 31.7 Å². The Kier molecular flexibility index (Phi) is 5.17. The predicted molar refractivity (Wildman–Crippen MR) is 79.1 cm³/mol. The average molecular weight is 305 g/mol. The number of rotatable bonds is 5. The summed E-state index contributed by atoms with van der Waals surface area (Å²) in [5, 5.41) is 9.09. The molecule has 6 heteroatoms. The zero-order valence-corrected chi connectivity index (χ0v) is 13.8. The van der Waals surface area contributed by atoms with Crippen molar-refractivity contribution in [2.75, 3.05) is 6.61 Å². The lowest BCUT2D eigenvalue weighted by molar-refractivity contribution is 0.214. The van der Waals surface area contributed by atoms with Crippen LogP contribution < -0.4 is 4.72 Å². The third-order valence-corrected chi connectivity index (χ3v) is 5.74. The van der Waals surface area contributed by atoms with E-state index >= 15 is 0 Å². The molecule has 1 unspecified atom stereocenters. The summed E-state index contributed by atoms with van der Waals surface area (Å²) in [6, 6.07) is 1.41. The van der Waals surface area contributed by atoms with Gasteiger partial charge in [-0.1, -0.05) is 20.8 Å². The largest absolute Gasteiger partial charge is 0.396 e. The molecule has 0 saturated carbocycles. The van der Waals surface area contributed by atoms with Gasteiger partial charge in [0.2, 0.25) is 10.0 Å². The maximum absolute atomic E-state index is 12.4. The Morgan fingerprint density at radius 1 is 1.37 bits per heavy atom. The van der Waals surface area contributed by atoms with Crippen molar-refractivity contribution in [2.45, 2.75) is 52.0 Å². The summed E-state index contributed by atoms with van der Waals surface area (Å²) in [4.78, 5) is 2.12. The highest BCUT2D eigenvalue weighted by atomic mass is 32.2. The first-order chi connectivity index (χ1) is 8.58. The van der Waals surface area contributed by atoms with Gasteiger partial charge in [-0.2, -0.15) is 0 Å². The molecule has 0 saturated heterocycles. The Hall–Kier alpha value is -0.430. The maximum Gasteiger partial charge on any atom is 0.241 e. The normalized spacial score (nSPS) is 14.6. The molecule has 0 aromatic carbocycles. The molecule has 4 nitrogen and oxygen atoms in total. The van der Waals surface area contributed by atoms with Crippen molar-refractivity contribution in [2.24, 2.45) is 5.41 Å². The van der Waals surface area contributed by atoms with Gasteiger partial charge in [-0.25, -0.2) is 13.1 Å². The van der Waals surface area contributed by atoms with Crippen LogP contribution in [0.4, 0.5) is 0 Å². The molecule has 0 spiro atoms. The van der Waals surface area contributed by atoms with Crippen LogP contribution in [0.1, 0.15) is 36.9 Å². The van der Waals surface area contributed by atoms with E-state index in [-0.39, 0.29) is 18.1 Å². The second-order valence-corrected chi connectivity index (χ2v) is 8.97. The van der Waals surface area contributed by atoms with Crippen LogP contribution in [-0.2, 0) is 10.0 Å². The fourth-order valence-electron chi connectivity index (χ4n) is 1.92. The van der Waals surface area contributed by atoms with E-state index in [1.807, 2.05) is 34.6 Å². The fraction of sp³-hybridized carbons (Fsp3) is 0.692. The highest BCUT2D eigenvalue weighted by molar-refractivity contribution is 7.89. The van der Waals surface area contributed by atoms with Crippen molar-refractivity contribution in [3.63, 3.8) is 0 Å². The van der Waals surface area contributed by atoms with Crippen molar-refractivity contribution in [3.05, 3.63) is 15.8 Å². The van der Waals surface area contributed by atoms with E-state index in [4.69, 9.17) is 5.11 Å². The Labute approximate surface area is 119 Å². The summed E-state index contributed by atoms with van der Waals surface area (Å²) in [5.41, 5.74) is -0.241. The lowest BCUT2D eigenvalue weighted by atomic mass is 9.86. The molecule has 110 valence electrons. The first-order valence-electron chi connectivity index (χ1n) is 6.28. The highest BCUT2D eigenvalue weighted by Gasteiger charge is 2.30. The van der Waals surface area contributed by atoms with Crippen molar-refractivity contribution in [3.8, 4) is 0 Å². The van der Waals surface area contributed by atoms with Crippen LogP contribution in [0.25, 0.3) is 0 Å². The van der Waals surface area contributed by atoms with E-state index < -0.39 is 10.0 Å². The lowest BCUT2D eigenvalue weighted by Gasteiger charge is -2.30. The zero-order chi connectivity index (χ0) is 14.8. The molecule has 19 heavy (non-hydrogen) atoms. The van der Waals surface area contributed by atoms with Gasteiger partial charge in [0.15, 0.2) is 0 Å². The van der Waals surface area contributed by atoms with Crippen LogP contribution in [0, 0.1) is 19.3 Å². The highest BCUT2D eigenvalue weighted by Crippen LogP contribution is 2.28. The summed E-state index contributed by atoms with van der Waals surface area (Å²) in [7, 11) is -3.53. The summed E-state index contributed by atoms with van der Waals surface area (Å²) in [6.07, 6.45) is 0.408. The fourth-order valence-corrected chi connectivity index (χ4v) is 4.95. The molecule has 1 rings (SSSR count). The van der Waals surface area contributed by atoms with E-state index in [9.17, 15) is 8.42 Å². The maximum atomic E-state index is 12.4. The third kappa shape index (κ3) is 4.27. The topological polar surface area (TPSA) is 66.4 Å². The first-order valence-corrected chi connectivity index (χ1v) is 8.58. The molecule has 0 aliphatic heterocycles. The number of hydrogen-bond donors (Lipinski definition) is 2.